The molecule has 2 N–H and O–H groups in total. The van der Waals surface area contributed by atoms with Crippen molar-refractivity contribution >= 4 is 6.03 Å². The number of primary amides is 1. The summed E-state index contributed by atoms with van der Waals surface area (Å²) in [6.45, 7) is 3.65. The molecule has 1 aromatic heterocycles. The van der Waals surface area contributed by atoms with Crippen molar-refractivity contribution in [2.24, 2.45) is 5.73 Å². The monoisotopic (exact) mass is 323 g/mol. The van der Waals surface area contributed by atoms with E-state index in [9.17, 15) is 4.79 Å². The first kappa shape index (κ1) is 16.3. The lowest BCUT2D eigenvalue weighted by atomic mass is 10.00. The molecule has 0 radical (unpaired) electrons. The molecule has 3 rings (SSSR count). The van der Waals surface area contributed by atoms with Crippen molar-refractivity contribution in [1.29, 1.82) is 0 Å². The van der Waals surface area contributed by atoms with Crippen LogP contribution < -0.4 is 5.73 Å². The molecule has 1 aromatic rings. The zero-order chi connectivity index (χ0) is 16.3. The van der Waals surface area contributed by atoms with Gasteiger partial charge < -0.3 is 24.5 Å². The second-order valence-electron chi connectivity index (χ2n) is 6.55. The van der Waals surface area contributed by atoms with E-state index in [0.717, 1.165) is 31.7 Å². The summed E-state index contributed by atoms with van der Waals surface area (Å²) in [5.74, 6) is 0.943. The minimum atomic E-state index is -0.415. The summed E-state index contributed by atoms with van der Waals surface area (Å²) in [5, 5.41) is 0. The molecule has 128 valence electrons. The summed E-state index contributed by atoms with van der Waals surface area (Å²) in [6.07, 6.45) is 3.66. The Balaban J connectivity index is 1.55. The van der Waals surface area contributed by atoms with Gasteiger partial charge in [-0.1, -0.05) is 0 Å². The van der Waals surface area contributed by atoms with Crippen molar-refractivity contribution < 1.29 is 18.7 Å². The number of rotatable bonds is 4. The predicted octanol–water partition coefficient (Wildman–Crippen LogP) is 1.04. The molecule has 7 heteroatoms. The summed E-state index contributed by atoms with van der Waals surface area (Å²) < 4.78 is 17.3. The van der Waals surface area contributed by atoms with Gasteiger partial charge in [-0.25, -0.2) is 4.79 Å². The highest BCUT2D eigenvalue weighted by Gasteiger charge is 2.43. The van der Waals surface area contributed by atoms with Crippen LogP contribution in [0.1, 0.15) is 18.6 Å². The Bertz CT molecular complexity index is 521. The van der Waals surface area contributed by atoms with Gasteiger partial charge in [0.2, 0.25) is 0 Å². The number of urea groups is 1. The second-order valence-corrected chi connectivity index (χ2v) is 6.55. The van der Waals surface area contributed by atoms with E-state index in [1.807, 2.05) is 12.1 Å². The van der Waals surface area contributed by atoms with Crippen LogP contribution in [-0.2, 0) is 16.0 Å². The Labute approximate surface area is 136 Å². The van der Waals surface area contributed by atoms with Crippen LogP contribution in [0.4, 0.5) is 4.79 Å². The molecule has 0 aromatic carbocycles. The lowest BCUT2D eigenvalue weighted by molar-refractivity contribution is -0.0888. The number of carbonyl (C=O) groups excluding carboxylic acids is 1. The molecule has 2 aliphatic heterocycles. The van der Waals surface area contributed by atoms with Gasteiger partial charge in [-0.15, -0.1) is 0 Å². The molecular weight excluding hydrogens is 298 g/mol. The number of amides is 2. The predicted molar refractivity (Wildman–Crippen MR) is 83.9 cm³/mol. The molecule has 3 heterocycles. The zero-order valence-electron chi connectivity index (χ0n) is 13.6. The van der Waals surface area contributed by atoms with E-state index in [4.69, 9.17) is 19.6 Å². The molecule has 1 spiro atoms. The summed E-state index contributed by atoms with van der Waals surface area (Å²) in [6, 6.07) is 3.46. The fourth-order valence-corrected chi connectivity index (χ4v) is 3.42. The molecule has 0 bridgehead atoms. The molecular formula is C16H25N3O4. The van der Waals surface area contributed by atoms with Gasteiger partial charge in [-0.2, -0.15) is 0 Å². The standard InChI is InChI=1S/C16H25N3O4/c1-18(9-13-3-2-7-22-13)10-14-4-5-16(23-14)11-19(15(17)20)6-8-21-12-16/h2-3,7,14H,4-6,8-12H2,1H3,(H2,17,20). The average molecular weight is 323 g/mol. The van der Waals surface area contributed by atoms with Gasteiger partial charge in [0, 0.05) is 13.1 Å². The Morgan fingerprint density at radius 2 is 2.43 bits per heavy atom. The van der Waals surface area contributed by atoms with Gasteiger partial charge in [-0.05, 0) is 32.0 Å². The molecule has 0 saturated carbocycles. The quantitative estimate of drug-likeness (QED) is 0.895. The molecule has 0 aliphatic carbocycles. The number of nitrogens with two attached hydrogens (primary N) is 1. The van der Waals surface area contributed by atoms with Crippen molar-refractivity contribution in [3.63, 3.8) is 0 Å². The normalized spacial score (nSPS) is 28.4. The van der Waals surface area contributed by atoms with Crippen molar-refractivity contribution in [2.75, 3.05) is 39.9 Å². The third kappa shape index (κ3) is 4.04. The molecule has 2 amide bonds. The number of hydrogen-bond donors (Lipinski definition) is 1. The van der Waals surface area contributed by atoms with E-state index in [1.165, 1.54) is 0 Å². The van der Waals surface area contributed by atoms with Crippen LogP contribution in [0.25, 0.3) is 0 Å². The number of nitrogens with zero attached hydrogens (tertiary/aromatic N) is 2. The van der Waals surface area contributed by atoms with Crippen LogP contribution in [0, 0.1) is 0 Å². The molecule has 2 atom stereocenters. The first-order valence-corrected chi connectivity index (χ1v) is 8.07. The fraction of sp³-hybridized carbons (Fsp3) is 0.688. The average Bonchev–Trinajstić information content (AvgIpc) is 3.07. The molecule has 2 saturated heterocycles. The van der Waals surface area contributed by atoms with Gasteiger partial charge >= 0.3 is 6.03 Å². The van der Waals surface area contributed by atoms with E-state index in [0.29, 0.717) is 26.3 Å². The number of likely N-dealkylation sites (N-methyl/N-ethyl adjacent to an activating group) is 1. The number of carbonyl (C=O) groups is 1. The summed E-state index contributed by atoms with van der Waals surface area (Å²) >= 11 is 0. The topological polar surface area (TPSA) is 81.2 Å². The van der Waals surface area contributed by atoms with Crippen LogP contribution in [0.5, 0.6) is 0 Å². The second kappa shape index (κ2) is 6.90. The van der Waals surface area contributed by atoms with E-state index in [2.05, 4.69) is 11.9 Å². The summed E-state index contributed by atoms with van der Waals surface area (Å²) in [7, 11) is 2.05. The molecule has 2 fully saturated rings. The highest BCUT2D eigenvalue weighted by molar-refractivity contribution is 5.72. The van der Waals surface area contributed by atoms with Gasteiger partial charge in [-0.3, -0.25) is 4.90 Å². The van der Waals surface area contributed by atoms with Gasteiger partial charge in [0.05, 0.1) is 38.7 Å². The van der Waals surface area contributed by atoms with Crippen molar-refractivity contribution in [3.05, 3.63) is 24.2 Å². The van der Waals surface area contributed by atoms with Crippen molar-refractivity contribution in [1.82, 2.24) is 9.80 Å². The molecule has 2 aliphatic rings. The summed E-state index contributed by atoms with van der Waals surface area (Å²) in [4.78, 5) is 15.3. The van der Waals surface area contributed by atoms with Gasteiger partial charge in [0.25, 0.3) is 0 Å². The highest BCUT2D eigenvalue weighted by atomic mass is 16.6. The molecule has 23 heavy (non-hydrogen) atoms. The van der Waals surface area contributed by atoms with Crippen LogP contribution in [0.15, 0.2) is 22.8 Å². The molecule has 7 nitrogen and oxygen atoms in total. The first-order valence-electron chi connectivity index (χ1n) is 8.07. The SMILES string of the molecule is CN(Cc1ccco1)CC1CCC2(COCCN(C(N)=O)C2)O1. The van der Waals surface area contributed by atoms with E-state index in [-0.39, 0.29) is 6.10 Å². The van der Waals surface area contributed by atoms with Crippen LogP contribution in [0.2, 0.25) is 0 Å². The van der Waals surface area contributed by atoms with E-state index < -0.39 is 11.6 Å². The Morgan fingerprint density at radius 3 is 3.17 bits per heavy atom. The van der Waals surface area contributed by atoms with Crippen molar-refractivity contribution in [3.8, 4) is 0 Å². The fourth-order valence-electron chi connectivity index (χ4n) is 3.42. The lowest BCUT2D eigenvalue weighted by Crippen LogP contribution is -2.48. The van der Waals surface area contributed by atoms with Gasteiger partial charge in [0.15, 0.2) is 0 Å². The van der Waals surface area contributed by atoms with Crippen LogP contribution in [-0.4, -0.2) is 67.4 Å². The lowest BCUT2D eigenvalue weighted by Gasteiger charge is -2.31. The minimum absolute atomic E-state index is 0.131. The maximum atomic E-state index is 11.5. The van der Waals surface area contributed by atoms with E-state index in [1.54, 1.807) is 11.2 Å². The Kier molecular flexibility index (Phi) is 4.89. The largest absolute Gasteiger partial charge is 0.468 e. The maximum absolute atomic E-state index is 11.5. The minimum Gasteiger partial charge on any atom is -0.468 e. The van der Waals surface area contributed by atoms with Gasteiger partial charge in [0.1, 0.15) is 11.4 Å². The third-order valence-electron chi connectivity index (χ3n) is 4.52. The smallest absolute Gasteiger partial charge is 0.314 e. The zero-order valence-corrected chi connectivity index (χ0v) is 13.6. The van der Waals surface area contributed by atoms with Crippen LogP contribution in [0.3, 0.4) is 0 Å². The maximum Gasteiger partial charge on any atom is 0.314 e. The van der Waals surface area contributed by atoms with Crippen LogP contribution >= 0.6 is 0 Å². The first-order chi connectivity index (χ1) is 11.1. The number of ether oxygens (including phenoxy) is 2. The number of furan rings is 1. The number of hydrogen-bond acceptors (Lipinski definition) is 5. The molecule has 2 unspecified atom stereocenters. The van der Waals surface area contributed by atoms with Crippen molar-refractivity contribution in [2.45, 2.75) is 31.1 Å². The Hall–Kier alpha value is -1.57. The Morgan fingerprint density at radius 1 is 1.57 bits per heavy atom. The van der Waals surface area contributed by atoms with E-state index >= 15 is 0 Å². The third-order valence-corrected chi connectivity index (χ3v) is 4.52. The highest BCUT2D eigenvalue weighted by Crippen LogP contribution is 2.33. The summed E-state index contributed by atoms with van der Waals surface area (Å²) in [5.41, 5.74) is 5.02.